The average Bonchev–Trinajstić information content (AvgIpc) is 2.35. The van der Waals surface area contributed by atoms with E-state index < -0.39 is 0 Å². The molecule has 16 heavy (non-hydrogen) atoms. The number of hydrogen-bond acceptors (Lipinski definition) is 4. The summed E-state index contributed by atoms with van der Waals surface area (Å²) in [5.41, 5.74) is 0.920. The molecule has 0 radical (unpaired) electrons. The van der Waals surface area contributed by atoms with Crippen molar-refractivity contribution in [3.05, 3.63) is 0 Å². The number of oxime groups is 1. The molecule has 1 rings (SSSR count). The molecule has 0 aliphatic heterocycles. The fourth-order valence-electron chi connectivity index (χ4n) is 2.08. The van der Waals surface area contributed by atoms with E-state index in [1.165, 1.54) is 0 Å². The first-order chi connectivity index (χ1) is 7.80. The highest BCUT2D eigenvalue weighted by atomic mass is 16.5. The molecule has 0 aromatic carbocycles. The Morgan fingerprint density at radius 3 is 2.44 bits per heavy atom. The third kappa shape index (κ3) is 4.49. The van der Waals surface area contributed by atoms with E-state index >= 15 is 0 Å². The Hall–Kier alpha value is -0.610. The van der Waals surface area contributed by atoms with Gasteiger partial charge < -0.3 is 14.8 Å². The van der Waals surface area contributed by atoms with E-state index in [1.54, 1.807) is 0 Å². The lowest BCUT2D eigenvalue weighted by molar-refractivity contribution is 0.0273. The van der Waals surface area contributed by atoms with E-state index in [1.807, 2.05) is 0 Å². The molecule has 0 amide bonds. The van der Waals surface area contributed by atoms with Crippen LogP contribution in [-0.4, -0.2) is 48.2 Å². The van der Waals surface area contributed by atoms with Gasteiger partial charge in [0.15, 0.2) is 0 Å². The first kappa shape index (κ1) is 13.5. The maximum absolute atomic E-state index is 8.63. The lowest BCUT2D eigenvalue weighted by Crippen LogP contribution is -2.30. The van der Waals surface area contributed by atoms with Crippen LogP contribution in [0.1, 0.15) is 39.5 Å². The highest BCUT2D eigenvalue weighted by molar-refractivity contribution is 5.84. The summed E-state index contributed by atoms with van der Waals surface area (Å²) < 4.78 is 5.83. The van der Waals surface area contributed by atoms with Crippen LogP contribution in [0.5, 0.6) is 0 Å². The fourth-order valence-corrected chi connectivity index (χ4v) is 2.08. The Morgan fingerprint density at radius 1 is 1.31 bits per heavy atom. The van der Waals surface area contributed by atoms with E-state index in [-0.39, 0.29) is 0 Å². The highest BCUT2D eigenvalue weighted by Crippen LogP contribution is 2.18. The lowest BCUT2D eigenvalue weighted by atomic mass is 9.96. The molecule has 0 heterocycles. The van der Waals surface area contributed by atoms with Crippen LogP contribution in [0.2, 0.25) is 0 Å². The van der Waals surface area contributed by atoms with E-state index in [4.69, 9.17) is 9.94 Å². The maximum Gasteiger partial charge on any atom is 0.0597 e. The molecule has 4 nitrogen and oxygen atoms in total. The minimum Gasteiger partial charge on any atom is -0.411 e. The van der Waals surface area contributed by atoms with Crippen molar-refractivity contribution in [2.75, 3.05) is 26.2 Å². The molecule has 1 aliphatic rings. The molecule has 1 aliphatic carbocycles. The van der Waals surface area contributed by atoms with Crippen LogP contribution in [-0.2, 0) is 4.74 Å². The lowest BCUT2D eigenvalue weighted by Gasteiger charge is -2.24. The van der Waals surface area contributed by atoms with Gasteiger partial charge in [-0.2, -0.15) is 0 Å². The normalized spacial score (nSPS) is 21.4. The molecule has 0 saturated heterocycles. The van der Waals surface area contributed by atoms with Crippen LogP contribution in [0, 0.1) is 0 Å². The van der Waals surface area contributed by atoms with E-state index in [0.717, 1.165) is 57.6 Å². The summed E-state index contributed by atoms with van der Waals surface area (Å²) in [5.74, 6) is 0. The summed E-state index contributed by atoms with van der Waals surface area (Å²) in [7, 11) is 0. The molecule has 1 N–H and O–H groups in total. The van der Waals surface area contributed by atoms with Crippen LogP contribution in [0.15, 0.2) is 5.16 Å². The summed E-state index contributed by atoms with van der Waals surface area (Å²) in [5, 5.41) is 11.9. The van der Waals surface area contributed by atoms with E-state index in [2.05, 4.69) is 23.9 Å². The minimum atomic E-state index is 0.362. The zero-order chi connectivity index (χ0) is 11.8. The van der Waals surface area contributed by atoms with Crippen molar-refractivity contribution in [1.82, 2.24) is 4.90 Å². The smallest absolute Gasteiger partial charge is 0.0597 e. The Kier molecular flexibility index (Phi) is 6.42. The molecule has 0 aromatic rings. The minimum absolute atomic E-state index is 0.362. The van der Waals surface area contributed by atoms with Gasteiger partial charge in [-0.05, 0) is 38.8 Å². The Balaban J connectivity index is 2.10. The first-order valence-corrected chi connectivity index (χ1v) is 6.33. The van der Waals surface area contributed by atoms with Crippen LogP contribution < -0.4 is 0 Å². The van der Waals surface area contributed by atoms with Crippen molar-refractivity contribution in [1.29, 1.82) is 0 Å². The topological polar surface area (TPSA) is 45.1 Å². The van der Waals surface area contributed by atoms with Crippen molar-refractivity contribution in [2.45, 2.75) is 45.6 Å². The molecule has 0 atom stereocenters. The summed E-state index contributed by atoms with van der Waals surface area (Å²) in [6.45, 7) is 8.36. The zero-order valence-corrected chi connectivity index (χ0v) is 10.5. The monoisotopic (exact) mass is 228 g/mol. The number of ether oxygens (including phenoxy) is 1. The van der Waals surface area contributed by atoms with Gasteiger partial charge in [-0.1, -0.05) is 19.0 Å². The third-order valence-corrected chi connectivity index (χ3v) is 3.31. The molecule has 1 fully saturated rings. The second kappa shape index (κ2) is 7.63. The van der Waals surface area contributed by atoms with Gasteiger partial charge in [-0.25, -0.2) is 0 Å². The Labute approximate surface area is 98.3 Å². The van der Waals surface area contributed by atoms with Crippen molar-refractivity contribution in [3.63, 3.8) is 0 Å². The molecular weight excluding hydrogens is 204 g/mol. The molecule has 0 spiro atoms. The molecule has 1 saturated carbocycles. The summed E-state index contributed by atoms with van der Waals surface area (Å²) in [6.07, 6.45) is 4.12. The van der Waals surface area contributed by atoms with Gasteiger partial charge in [0.05, 0.1) is 18.4 Å². The predicted octanol–water partition coefficient (Wildman–Crippen LogP) is 2.12. The van der Waals surface area contributed by atoms with Crippen LogP contribution in [0.3, 0.4) is 0 Å². The van der Waals surface area contributed by atoms with Crippen molar-refractivity contribution in [2.24, 2.45) is 5.16 Å². The second-order valence-corrected chi connectivity index (χ2v) is 4.26. The summed E-state index contributed by atoms with van der Waals surface area (Å²) >= 11 is 0. The molecule has 4 heteroatoms. The maximum atomic E-state index is 8.63. The van der Waals surface area contributed by atoms with Gasteiger partial charge in [0.2, 0.25) is 0 Å². The van der Waals surface area contributed by atoms with Crippen LogP contribution >= 0.6 is 0 Å². The van der Waals surface area contributed by atoms with Crippen LogP contribution in [0.4, 0.5) is 0 Å². The van der Waals surface area contributed by atoms with Gasteiger partial charge in [-0.15, -0.1) is 0 Å². The van der Waals surface area contributed by atoms with Gasteiger partial charge in [0.25, 0.3) is 0 Å². The summed E-state index contributed by atoms with van der Waals surface area (Å²) in [4.78, 5) is 2.36. The molecule has 0 unspecified atom stereocenters. The van der Waals surface area contributed by atoms with E-state index in [0.29, 0.717) is 6.10 Å². The number of likely N-dealkylation sites (N-methyl/N-ethyl adjacent to an activating group) is 1. The summed E-state index contributed by atoms with van der Waals surface area (Å²) in [6, 6.07) is 0. The van der Waals surface area contributed by atoms with E-state index in [9.17, 15) is 0 Å². The first-order valence-electron chi connectivity index (χ1n) is 6.33. The van der Waals surface area contributed by atoms with Crippen molar-refractivity contribution < 1.29 is 9.94 Å². The average molecular weight is 228 g/mol. The SMILES string of the molecule is CCN(CC)CCOC1CCC(=NO)CC1. The number of nitrogens with zero attached hydrogens (tertiary/aromatic N) is 2. The largest absolute Gasteiger partial charge is 0.411 e. The standard InChI is InChI=1S/C12H24N2O2/c1-3-14(4-2)9-10-16-12-7-5-11(13-15)6-8-12/h12,15H,3-10H2,1-2H3. The molecule has 94 valence electrons. The van der Waals surface area contributed by atoms with Gasteiger partial charge >= 0.3 is 0 Å². The van der Waals surface area contributed by atoms with Gasteiger partial charge in [0.1, 0.15) is 0 Å². The van der Waals surface area contributed by atoms with Crippen LogP contribution in [0.25, 0.3) is 0 Å². The predicted molar refractivity (Wildman–Crippen MR) is 65.2 cm³/mol. The molecular formula is C12H24N2O2. The Bertz CT molecular complexity index is 205. The van der Waals surface area contributed by atoms with Gasteiger partial charge in [-0.3, -0.25) is 0 Å². The second-order valence-electron chi connectivity index (χ2n) is 4.26. The van der Waals surface area contributed by atoms with Crippen molar-refractivity contribution >= 4 is 5.71 Å². The quantitative estimate of drug-likeness (QED) is 0.559. The number of rotatable bonds is 6. The van der Waals surface area contributed by atoms with Gasteiger partial charge in [0, 0.05) is 6.54 Å². The molecule has 0 bridgehead atoms. The fraction of sp³-hybridized carbons (Fsp3) is 0.917. The highest BCUT2D eigenvalue weighted by Gasteiger charge is 2.18. The third-order valence-electron chi connectivity index (χ3n) is 3.31. The number of hydrogen-bond donors (Lipinski definition) is 1. The molecule has 0 aromatic heterocycles. The zero-order valence-electron chi connectivity index (χ0n) is 10.5. The van der Waals surface area contributed by atoms with Crippen molar-refractivity contribution in [3.8, 4) is 0 Å². The Morgan fingerprint density at radius 2 is 1.94 bits per heavy atom.